The second kappa shape index (κ2) is 11.0. The minimum atomic E-state index is -2.40. The van der Waals surface area contributed by atoms with E-state index in [0.717, 1.165) is 77.6 Å². The van der Waals surface area contributed by atoms with Crippen molar-refractivity contribution in [2.24, 2.45) is 0 Å². The number of rotatable bonds is 8. The summed E-state index contributed by atoms with van der Waals surface area (Å²) in [6, 6.07) is 15.2. The van der Waals surface area contributed by atoms with Crippen molar-refractivity contribution in [3.8, 4) is 5.75 Å². The van der Waals surface area contributed by atoms with E-state index < -0.39 is 7.14 Å². The summed E-state index contributed by atoms with van der Waals surface area (Å²) in [7, 11) is -0.661. The van der Waals surface area contributed by atoms with Gasteiger partial charge in [0.25, 0.3) is 0 Å². The van der Waals surface area contributed by atoms with Crippen LogP contribution in [-0.4, -0.2) is 67.5 Å². The van der Waals surface area contributed by atoms with Gasteiger partial charge in [-0.25, -0.2) is 9.97 Å². The monoisotopic (exact) mass is 530 g/mol. The van der Waals surface area contributed by atoms with E-state index in [0.29, 0.717) is 18.9 Å². The van der Waals surface area contributed by atoms with E-state index in [-0.39, 0.29) is 0 Å². The lowest BCUT2D eigenvalue weighted by Gasteiger charge is -2.38. The largest absolute Gasteiger partial charge is 0.496 e. The van der Waals surface area contributed by atoms with E-state index in [9.17, 15) is 4.57 Å². The van der Waals surface area contributed by atoms with Crippen molar-refractivity contribution in [3.63, 3.8) is 0 Å². The van der Waals surface area contributed by atoms with Gasteiger partial charge in [0.1, 0.15) is 18.7 Å². The molecule has 5 rings (SSSR count). The SMILES string of the molecule is COc1cc(N2CCN(C(C)C)CC2)ccc1Cc1nc2c(c(Cc3ccccc3P(C)(C)=O)n1)C=CC2. The van der Waals surface area contributed by atoms with E-state index in [1.807, 2.05) is 31.5 Å². The van der Waals surface area contributed by atoms with Gasteiger partial charge in [-0.1, -0.05) is 42.5 Å². The zero-order valence-corrected chi connectivity index (χ0v) is 24.2. The highest BCUT2D eigenvalue weighted by atomic mass is 31.2. The Hall–Kier alpha value is -2.95. The molecule has 2 aliphatic rings. The molecule has 0 N–H and O–H groups in total. The van der Waals surface area contributed by atoms with Gasteiger partial charge >= 0.3 is 0 Å². The summed E-state index contributed by atoms with van der Waals surface area (Å²) in [5.41, 5.74) is 6.53. The highest BCUT2D eigenvalue weighted by molar-refractivity contribution is 7.70. The van der Waals surface area contributed by atoms with E-state index in [1.54, 1.807) is 7.11 Å². The van der Waals surface area contributed by atoms with Gasteiger partial charge in [-0.3, -0.25) is 4.90 Å². The smallest absolute Gasteiger partial charge is 0.133 e. The van der Waals surface area contributed by atoms with Crippen molar-refractivity contribution in [1.82, 2.24) is 14.9 Å². The van der Waals surface area contributed by atoms with Crippen LogP contribution < -0.4 is 14.9 Å². The molecule has 0 unspecified atom stereocenters. The van der Waals surface area contributed by atoms with Crippen LogP contribution in [0.25, 0.3) is 6.08 Å². The average molecular weight is 531 g/mol. The number of piperazine rings is 1. The molecule has 0 radical (unpaired) electrons. The third-order valence-electron chi connectivity index (χ3n) is 7.70. The molecule has 1 fully saturated rings. The number of allylic oxidation sites excluding steroid dienone is 1. The Morgan fingerprint density at radius 3 is 2.45 bits per heavy atom. The lowest BCUT2D eigenvalue weighted by molar-refractivity contribution is 0.209. The molecule has 1 aliphatic carbocycles. The Labute approximate surface area is 227 Å². The molecule has 200 valence electrons. The van der Waals surface area contributed by atoms with Crippen molar-refractivity contribution >= 4 is 24.2 Å². The second-order valence-corrected chi connectivity index (χ2v) is 14.2. The van der Waals surface area contributed by atoms with Crippen LogP contribution in [0.15, 0.2) is 48.5 Å². The summed E-state index contributed by atoms with van der Waals surface area (Å²) < 4.78 is 18.8. The van der Waals surface area contributed by atoms with E-state index in [4.69, 9.17) is 14.7 Å². The maximum atomic E-state index is 13.0. The molecular weight excluding hydrogens is 491 g/mol. The van der Waals surface area contributed by atoms with Crippen molar-refractivity contribution in [1.29, 1.82) is 0 Å². The minimum absolute atomic E-state index is 0.586. The number of aromatic nitrogens is 2. The Kier molecular flexibility index (Phi) is 7.74. The third kappa shape index (κ3) is 5.72. The van der Waals surface area contributed by atoms with Gasteiger partial charge in [-0.2, -0.15) is 0 Å². The van der Waals surface area contributed by atoms with Crippen molar-refractivity contribution in [3.05, 3.63) is 82.4 Å². The molecule has 1 aliphatic heterocycles. The van der Waals surface area contributed by atoms with Crippen molar-refractivity contribution in [2.75, 3.05) is 51.5 Å². The van der Waals surface area contributed by atoms with Crippen LogP contribution in [0.5, 0.6) is 5.75 Å². The van der Waals surface area contributed by atoms with Gasteiger partial charge in [0.05, 0.1) is 18.5 Å². The Balaban J connectivity index is 1.40. The van der Waals surface area contributed by atoms with Crippen LogP contribution in [0.3, 0.4) is 0 Å². The fourth-order valence-electron chi connectivity index (χ4n) is 5.58. The van der Waals surface area contributed by atoms with Gasteiger partial charge in [0.2, 0.25) is 0 Å². The first kappa shape index (κ1) is 26.6. The molecule has 1 saturated heterocycles. The quantitative estimate of drug-likeness (QED) is 0.382. The van der Waals surface area contributed by atoms with Crippen LogP contribution in [0, 0.1) is 0 Å². The van der Waals surface area contributed by atoms with Crippen LogP contribution in [0.2, 0.25) is 0 Å². The molecule has 1 aromatic heterocycles. The molecule has 0 atom stereocenters. The van der Waals surface area contributed by atoms with Gasteiger partial charge in [0, 0.05) is 79.7 Å². The van der Waals surface area contributed by atoms with Crippen LogP contribution in [0.1, 0.15) is 47.8 Å². The molecule has 6 nitrogen and oxygen atoms in total. The number of hydrogen-bond donors (Lipinski definition) is 0. The summed E-state index contributed by atoms with van der Waals surface area (Å²) >= 11 is 0. The zero-order chi connectivity index (χ0) is 26.9. The number of anilines is 1. The molecule has 2 aromatic carbocycles. The standard InChI is InChI=1S/C31H39N4O2P/c1-22(2)34-15-17-35(18-16-34)25-14-13-23(29(21-25)37-3)20-31-32-27-11-8-10-26(27)28(33-31)19-24-9-6-7-12-30(24)38(4,5)36/h6-10,12-14,21-22H,11,15-20H2,1-5H3. The van der Waals surface area contributed by atoms with E-state index in [1.165, 1.54) is 5.69 Å². The molecule has 38 heavy (non-hydrogen) atoms. The first-order valence-corrected chi connectivity index (χ1v) is 16.2. The number of hydrogen-bond acceptors (Lipinski definition) is 6. The van der Waals surface area contributed by atoms with Crippen LogP contribution in [-0.2, 0) is 23.8 Å². The molecule has 3 aromatic rings. The topological polar surface area (TPSA) is 58.6 Å². The summed E-state index contributed by atoms with van der Waals surface area (Å²) in [6.45, 7) is 12.4. The number of nitrogens with zero attached hydrogens (tertiary/aromatic N) is 4. The first-order valence-electron chi connectivity index (χ1n) is 13.6. The predicted octanol–water partition coefficient (Wildman–Crippen LogP) is 5.01. The fourth-order valence-corrected chi connectivity index (χ4v) is 6.87. The van der Waals surface area contributed by atoms with Crippen LogP contribution >= 0.6 is 7.14 Å². The molecular formula is C31H39N4O2P. The molecule has 0 bridgehead atoms. The van der Waals surface area contributed by atoms with Crippen molar-refractivity contribution < 1.29 is 9.30 Å². The highest BCUT2D eigenvalue weighted by Crippen LogP contribution is 2.37. The normalized spacial score (nSPS) is 15.8. The molecule has 2 heterocycles. The molecule has 0 spiro atoms. The lowest BCUT2D eigenvalue weighted by atomic mass is 10.0. The summed E-state index contributed by atoms with van der Waals surface area (Å²) in [5.74, 6) is 1.67. The maximum Gasteiger partial charge on any atom is 0.133 e. The molecule has 7 heteroatoms. The lowest BCUT2D eigenvalue weighted by Crippen LogP contribution is -2.48. The number of methoxy groups -OCH3 is 1. The van der Waals surface area contributed by atoms with Crippen molar-refractivity contribution in [2.45, 2.75) is 39.2 Å². The third-order valence-corrected chi connectivity index (χ3v) is 9.30. The first-order chi connectivity index (χ1) is 18.2. The van der Waals surface area contributed by atoms with E-state index in [2.05, 4.69) is 60.1 Å². The predicted molar refractivity (Wildman–Crippen MR) is 158 cm³/mol. The fraction of sp³-hybridized carbons (Fsp3) is 0.419. The Morgan fingerprint density at radius 1 is 0.974 bits per heavy atom. The maximum absolute atomic E-state index is 13.0. The number of fused-ring (bicyclic) bond motifs is 1. The van der Waals surface area contributed by atoms with E-state index >= 15 is 0 Å². The number of benzene rings is 2. The van der Waals surface area contributed by atoms with Crippen LogP contribution in [0.4, 0.5) is 5.69 Å². The van der Waals surface area contributed by atoms with Gasteiger partial charge < -0.3 is 14.2 Å². The molecule has 0 amide bonds. The minimum Gasteiger partial charge on any atom is -0.496 e. The Morgan fingerprint density at radius 2 is 1.74 bits per heavy atom. The summed E-state index contributed by atoms with van der Waals surface area (Å²) in [4.78, 5) is 15.0. The van der Waals surface area contributed by atoms with Gasteiger partial charge in [0.15, 0.2) is 0 Å². The average Bonchev–Trinajstić information content (AvgIpc) is 3.38. The number of ether oxygens (including phenoxy) is 1. The zero-order valence-electron chi connectivity index (χ0n) is 23.3. The summed E-state index contributed by atoms with van der Waals surface area (Å²) in [5, 5.41) is 0.933. The van der Waals surface area contributed by atoms with Gasteiger partial charge in [-0.15, -0.1) is 0 Å². The van der Waals surface area contributed by atoms with Gasteiger partial charge in [-0.05, 0) is 38.8 Å². The molecule has 0 saturated carbocycles. The highest BCUT2D eigenvalue weighted by Gasteiger charge is 2.22. The summed E-state index contributed by atoms with van der Waals surface area (Å²) in [6.07, 6.45) is 6.34. The Bertz CT molecular complexity index is 1390. The second-order valence-electron chi connectivity index (χ2n) is 11.0.